The van der Waals surface area contributed by atoms with Gasteiger partial charge in [-0.25, -0.2) is 4.39 Å². The maximum absolute atomic E-state index is 13.1. The van der Waals surface area contributed by atoms with Crippen LogP contribution in [0.3, 0.4) is 0 Å². The smallest absolute Gasteiger partial charge is 0.224 e. The van der Waals surface area contributed by atoms with Gasteiger partial charge in [0.25, 0.3) is 0 Å². The summed E-state index contributed by atoms with van der Waals surface area (Å²) in [5, 5.41) is 2.94. The van der Waals surface area contributed by atoms with Crippen LogP contribution in [0.2, 0.25) is 5.02 Å². The van der Waals surface area contributed by atoms with E-state index in [1.165, 1.54) is 18.2 Å². The van der Waals surface area contributed by atoms with Crippen molar-refractivity contribution < 1.29 is 9.18 Å². The highest BCUT2D eigenvalue weighted by Crippen LogP contribution is 2.23. The van der Waals surface area contributed by atoms with Gasteiger partial charge >= 0.3 is 0 Å². The average molecular weight is 287 g/mol. The molecule has 3 N–H and O–H groups in total. The second-order valence-corrected chi connectivity index (χ2v) is 5.51. The number of benzene rings is 1. The summed E-state index contributed by atoms with van der Waals surface area (Å²) in [6.45, 7) is 4.64. The number of halogens is 2. The van der Waals surface area contributed by atoms with E-state index in [9.17, 15) is 9.18 Å². The first-order valence-electron chi connectivity index (χ1n) is 6.37. The Morgan fingerprint density at radius 1 is 1.47 bits per heavy atom. The van der Waals surface area contributed by atoms with Crippen molar-refractivity contribution in [3.05, 3.63) is 29.0 Å². The summed E-state index contributed by atoms with van der Waals surface area (Å²) in [5.41, 5.74) is 5.95. The standard InChI is InChI=1S/C14H20ClFN2O/c1-9(2)5-10(8-17)6-14(19)18-13-7-11(16)3-4-12(13)15/h3-4,7,9-10H,5-6,8,17H2,1-2H3,(H,18,19)/t10-/m0/s1. The lowest BCUT2D eigenvalue weighted by Gasteiger charge is -2.16. The molecule has 0 aliphatic rings. The molecule has 0 spiro atoms. The van der Waals surface area contributed by atoms with Crippen LogP contribution in [-0.4, -0.2) is 12.5 Å². The highest BCUT2D eigenvalue weighted by molar-refractivity contribution is 6.33. The molecule has 1 atom stereocenters. The van der Waals surface area contributed by atoms with Gasteiger partial charge in [-0.1, -0.05) is 25.4 Å². The Kier molecular flexibility index (Phi) is 6.25. The predicted molar refractivity (Wildman–Crippen MR) is 76.7 cm³/mol. The number of carbonyl (C=O) groups is 1. The molecule has 19 heavy (non-hydrogen) atoms. The first-order valence-corrected chi connectivity index (χ1v) is 6.75. The number of hydrogen-bond acceptors (Lipinski definition) is 2. The fourth-order valence-corrected chi connectivity index (χ4v) is 2.15. The van der Waals surface area contributed by atoms with Crippen LogP contribution in [-0.2, 0) is 4.79 Å². The summed E-state index contributed by atoms with van der Waals surface area (Å²) in [6.07, 6.45) is 1.21. The van der Waals surface area contributed by atoms with Crippen molar-refractivity contribution in [2.45, 2.75) is 26.7 Å². The minimum atomic E-state index is -0.433. The van der Waals surface area contributed by atoms with E-state index in [2.05, 4.69) is 19.2 Å². The highest BCUT2D eigenvalue weighted by atomic mass is 35.5. The van der Waals surface area contributed by atoms with Crippen LogP contribution >= 0.6 is 11.6 Å². The lowest BCUT2D eigenvalue weighted by Crippen LogP contribution is -2.23. The summed E-state index contributed by atoms with van der Waals surface area (Å²) in [7, 11) is 0. The third kappa shape index (κ3) is 5.57. The number of nitrogens with one attached hydrogen (secondary N) is 1. The highest BCUT2D eigenvalue weighted by Gasteiger charge is 2.15. The number of amides is 1. The van der Waals surface area contributed by atoms with Gasteiger partial charge in [-0.15, -0.1) is 0 Å². The molecule has 0 bridgehead atoms. The first kappa shape index (κ1) is 15.9. The Morgan fingerprint density at radius 2 is 2.16 bits per heavy atom. The lowest BCUT2D eigenvalue weighted by atomic mass is 9.94. The topological polar surface area (TPSA) is 55.1 Å². The number of anilines is 1. The summed E-state index contributed by atoms with van der Waals surface area (Å²) in [6, 6.07) is 3.88. The van der Waals surface area contributed by atoms with Crippen molar-refractivity contribution >= 4 is 23.2 Å². The van der Waals surface area contributed by atoms with Gasteiger partial charge in [-0.2, -0.15) is 0 Å². The number of nitrogens with two attached hydrogens (primary N) is 1. The van der Waals surface area contributed by atoms with Gasteiger partial charge in [0.2, 0.25) is 5.91 Å². The molecular weight excluding hydrogens is 267 g/mol. The molecule has 0 fully saturated rings. The van der Waals surface area contributed by atoms with E-state index in [1.54, 1.807) is 0 Å². The monoisotopic (exact) mass is 286 g/mol. The van der Waals surface area contributed by atoms with Crippen molar-refractivity contribution in [1.29, 1.82) is 0 Å². The molecule has 5 heteroatoms. The third-order valence-electron chi connectivity index (χ3n) is 2.81. The van der Waals surface area contributed by atoms with E-state index in [-0.39, 0.29) is 11.8 Å². The molecular formula is C14H20ClFN2O. The van der Waals surface area contributed by atoms with Crippen LogP contribution in [0.4, 0.5) is 10.1 Å². The molecule has 1 rings (SSSR count). The van der Waals surface area contributed by atoms with Gasteiger partial charge in [-0.05, 0) is 43.0 Å². The van der Waals surface area contributed by atoms with Gasteiger partial charge in [0.05, 0.1) is 10.7 Å². The van der Waals surface area contributed by atoms with E-state index < -0.39 is 5.82 Å². The quantitative estimate of drug-likeness (QED) is 0.842. The number of carbonyl (C=O) groups excluding carboxylic acids is 1. The fourth-order valence-electron chi connectivity index (χ4n) is 1.99. The number of rotatable bonds is 6. The second kappa shape index (κ2) is 7.46. The van der Waals surface area contributed by atoms with Crippen molar-refractivity contribution in [1.82, 2.24) is 0 Å². The van der Waals surface area contributed by atoms with Crippen LogP contribution in [0.5, 0.6) is 0 Å². The molecule has 3 nitrogen and oxygen atoms in total. The number of hydrogen-bond donors (Lipinski definition) is 2. The molecule has 1 amide bonds. The lowest BCUT2D eigenvalue weighted by molar-refractivity contribution is -0.117. The van der Waals surface area contributed by atoms with E-state index >= 15 is 0 Å². The molecule has 0 radical (unpaired) electrons. The van der Waals surface area contributed by atoms with E-state index in [4.69, 9.17) is 17.3 Å². The van der Waals surface area contributed by atoms with Crippen LogP contribution in [0.15, 0.2) is 18.2 Å². The largest absolute Gasteiger partial charge is 0.330 e. The van der Waals surface area contributed by atoms with Crippen LogP contribution in [0.1, 0.15) is 26.7 Å². The Balaban J connectivity index is 2.61. The second-order valence-electron chi connectivity index (χ2n) is 5.11. The summed E-state index contributed by atoms with van der Waals surface area (Å²) in [4.78, 5) is 11.9. The zero-order valence-electron chi connectivity index (χ0n) is 11.2. The van der Waals surface area contributed by atoms with Gasteiger partial charge in [0.1, 0.15) is 5.82 Å². The maximum atomic E-state index is 13.1. The Hall–Kier alpha value is -1.13. The molecule has 0 unspecified atom stereocenters. The van der Waals surface area contributed by atoms with Gasteiger partial charge in [-0.3, -0.25) is 4.79 Å². The summed E-state index contributed by atoms with van der Waals surface area (Å²) >= 11 is 5.89. The van der Waals surface area contributed by atoms with Crippen LogP contribution in [0, 0.1) is 17.7 Å². The molecule has 0 aliphatic heterocycles. The van der Waals surface area contributed by atoms with Crippen molar-refractivity contribution in [2.24, 2.45) is 17.6 Å². The van der Waals surface area contributed by atoms with Gasteiger partial charge in [0.15, 0.2) is 0 Å². The van der Waals surface area contributed by atoms with E-state index in [1.807, 2.05) is 0 Å². The zero-order valence-corrected chi connectivity index (χ0v) is 12.0. The molecule has 0 aliphatic carbocycles. The normalized spacial score (nSPS) is 12.5. The van der Waals surface area contributed by atoms with Crippen molar-refractivity contribution in [3.8, 4) is 0 Å². The summed E-state index contributed by atoms with van der Waals surface area (Å²) in [5.74, 6) is -0.00713. The van der Waals surface area contributed by atoms with E-state index in [0.717, 1.165) is 6.42 Å². The molecule has 0 saturated carbocycles. The van der Waals surface area contributed by atoms with E-state index in [0.29, 0.717) is 29.6 Å². The summed E-state index contributed by atoms with van der Waals surface area (Å²) < 4.78 is 13.1. The van der Waals surface area contributed by atoms with Gasteiger partial charge in [0, 0.05) is 6.42 Å². The van der Waals surface area contributed by atoms with Crippen LogP contribution < -0.4 is 11.1 Å². The first-order chi connectivity index (χ1) is 8.92. The van der Waals surface area contributed by atoms with Gasteiger partial charge < -0.3 is 11.1 Å². The van der Waals surface area contributed by atoms with Crippen molar-refractivity contribution in [2.75, 3.05) is 11.9 Å². The SMILES string of the molecule is CC(C)C[C@H](CN)CC(=O)Nc1cc(F)ccc1Cl. The molecule has 106 valence electrons. The average Bonchev–Trinajstić information content (AvgIpc) is 2.32. The zero-order chi connectivity index (χ0) is 14.4. The molecule has 0 heterocycles. The fraction of sp³-hybridized carbons (Fsp3) is 0.500. The molecule has 0 aromatic heterocycles. The Bertz CT molecular complexity index is 437. The minimum Gasteiger partial charge on any atom is -0.330 e. The Labute approximate surface area is 118 Å². The molecule has 0 saturated heterocycles. The van der Waals surface area contributed by atoms with Crippen LogP contribution in [0.25, 0.3) is 0 Å². The predicted octanol–water partition coefficient (Wildman–Crippen LogP) is 3.43. The molecule has 1 aromatic rings. The Morgan fingerprint density at radius 3 is 2.74 bits per heavy atom. The third-order valence-corrected chi connectivity index (χ3v) is 3.14. The maximum Gasteiger partial charge on any atom is 0.224 e. The molecule has 1 aromatic carbocycles. The minimum absolute atomic E-state index is 0.132. The van der Waals surface area contributed by atoms with Crippen molar-refractivity contribution in [3.63, 3.8) is 0 Å².